The molecule has 0 aromatic rings. The molecule has 0 aromatic carbocycles. The predicted octanol–water partition coefficient (Wildman–Crippen LogP) is 4.73. The minimum Gasteiger partial charge on any atom is -0.513 e. The van der Waals surface area contributed by atoms with Crippen molar-refractivity contribution < 1.29 is 5.11 Å². The lowest BCUT2D eigenvalue weighted by molar-refractivity contribution is 0.377. The van der Waals surface area contributed by atoms with Crippen LogP contribution in [0.1, 0.15) is 70.6 Å². The molecule has 1 aliphatic rings. The number of hydrogen-bond donors (Lipinski definition) is 1. The number of hydrogen-bond acceptors (Lipinski definition) is 1. The molecular weight excluding hydrogens is 172 g/mol. The zero-order valence-electron chi connectivity index (χ0n) is 9.30. The summed E-state index contributed by atoms with van der Waals surface area (Å²) in [5.74, 6) is 0.629. The Hall–Kier alpha value is -0.460. The van der Waals surface area contributed by atoms with Gasteiger partial charge in [-0.25, -0.2) is 0 Å². The Morgan fingerprint density at radius 1 is 0.714 bits per heavy atom. The van der Waals surface area contributed by atoms with Gasteiger partial charge in [0.15, 0.2) is 0 Å². The van der Waals surface area contributed by atoms with E-state index in [4.69, 9.17) is 0 Å². The Morgan fingerprint density at radius 3 is 1.86 bits per heavy atom. The SMILES string of the molecule is O/C1=C/CCCCCCCCCCC1. The molecule has 0 aliphatic heterocycles. The van der Waals surface area contributed by atoms with Gasteiger partial charge in [-0.05, 0) is 25.3 Å². The van der Waals surface area contributed by atoms with Crippen LogP contribution in [0.15, 0.2) is 11.8 Å². The summed E-state index contributed by atoms with van der Waals surface area (Å²) >= 11 is 0. The van der Waals surface area contributed by atoms with Crippen molar-refractivity contribution >= 4 is 0 Å². The first-order valence-corrected chi connectivity index (χ1v) is 6.27. The number of allylic oxidation sites excluding steroid dienone is 2. The Kier molecular flexibility index (Phi) is 6.55. The highest BCUT2D eigenvalue weighted by Crippen LogP contribution is 2.15. The van der Waals surface area contributed by atoms with E-state index in [9.17, 15) is 5.11 Å². The van der Waals surface area contributed by atoms with Gasteiger partial charge in [0.05, 0.1) is 5.76 Å². The molecule has 0 saturated carbocycles. The van der Waals surface area contributed by atoms with E-state index < -0.39 is 0 Å². The zero-order valence-corrected chi connectivity index (χ0v) is 9.30. The summed E-state index contributed by atoms with van der Waals surface area (Å²) in [4.78, 5) is 0. The van der Waals surface area contributed by atoms with Crippen LogP contribution in [0.25, 0.3) is 0 Å². The second kappa shape index (κ2) is 7.90. The molecule has 0 atom stereocenters. The summed E-state index contributed by atoms with van der Waals surface area (Å²) in [5, 5.41) is 9.52. The average molecular weight is 196 g/mol. The van der Waals surface area contributed by atoms with Crippen LogP contribution in [0.4, 0.5) is 0 Å². The maximum atomic E-state index is 9.52. The van der Waals surface area contributed by atoms with Gasteiger partial charge in [-0.15, -0.1) is 0 Å². The zero-order chi connectivity index (χ0) is 10.1. The molecule has 0 heterocycles. The molecule has 1 heteroatoms. The van der Waals surface area contributed by atoms with Gasteiger partial charge in [0.1, 0.15) is 0 Å². The van der Waals surface area contributed by atoms with Gasteiger partial charge in [0.25, 0.3) is 0 Å². The van der Waals surface area contributed by atoms with Crippen molar-refractivity contribution in [3.8, 4) is 0 Å². The third-order valence-electron chi connectivity index (χ3n) is 3.02. The van der Waals surface area contributed by atoms with E-state index >= 15 is 0 Å². The first-order chi connectivity index (χ1) is 6.89. The quantitative estimate of drug-likeness (QED) is 0.593. The van der Waals surface area contributed by atoms with Crippen molar-refractivity contribution in [2.75, 3.05) is 0 Å². The molecule has 0 aromatic heterocycles. The molecule has 0 unspecified atom stereocenters. The summed E-state index contributed by atoms with van der Waals surface area (Å²) in [6, 6.07) is 0. The van der Waals surface area contributed by atoms with Crippen molar-refractivity contribution in [2.45, 2.75) is 70.6 Å². The first kappa shape index (κ1) is 11.6. The molecular formula is C13H24O. The fourth-order valence-corrected chi connectivity index (χ4v) is 2.06. The lowest BCUT2D eigenvalue weighted by Gasteiger charge is -2.00. The van der Waals surface area contributed by atoms with Crippen LogP contribution >= 0.6 is 0 Å². The Labute approximate surface area is 88.2 Å². The molecule has 1 N–H and O–H groups in total. The van der Waals surface area contributed by atoms with Crippen molar-refractivity contribution in [1.29, 1.82) is 0 Å². The molecule has 0 spiro atoms. The predicted molar refractivity (Wildman–Crippen MR) is 61.5 cm³/mol. The van der Waals surface area contributed by atoms with Crippen LogP contribution in [0.2, 0.25) is 0 Å². The maximum Gasteiger partial charge on any atom is 0.0882 e. The number of aliphatic hydroxyl groups is 1. The van der Waals surface area contributed by atoms with Crippen molar-refractivity contribution in [1.82, 2.24) is 0 Å². The first-order valence-electron chi connectivity index (χ1n) is 6.27. The van der Waals surface area contributed by atoms with Gasteiger partial charge in [-0.3, -0.25) is 0 Å². The summed E-state index contributed by atoms with van der Waals surface area (Å²) in [7, 11) is 0. The third kappa shape index (κ3) is 6.06. The van der Waals surface area contributed by atoms with E-state index in [1.54, 1.807) is 0 Å². The summed E-state index contributed by atoms with van der Waals surface area (Å²) < 4.78 is 0. The molecule has 0 fully saturated rings. The van der Waals surface area contributed by atoms with Crippen LogP contribution in [-0.2, 0) is 0 Å². The summed E-state index contributed by atoms with van der Waals surface area (Å²) in [5.41, 5.74) is 0. The largest absolute Gasteiger partial charge is 0.513 e. The monoisotopic (exact) mass is 196 g/mol. The lowest BCUT2D eigenvalue weighted by atomic mass is 10.1. The summed E-state index contributed by atoms with van der Waals surface area (Å²) in [6.45, 7) is 0. The fraction of sp³-hybridized carbons (Fsp3) is 0.846. The molecule has 1 nitrogen and oxygen atoms in total. The van der Waals surface area contributed by atoms with Gasteiger partial charge in [0.2, 0.25) is 0 Å². The van der Waals surface area contributed by atoms with Gasteiger partial charge < -0.3 is 5.11 Å². The second-order valence-corrected chi connectivity index (χ2v) is 4.42. The van der Waals surface area contributed by atoms with Gasteiger partial charge in [-0.2, -0.15) is 0 Å². The standard InChI is InChI=1S/C13H24O/c14-13-11-9-7-5-3-1-2-4-6-8-10-12-13/h11,14H,1-10,12H2/b13-11+. The third-order valence-corrected chi connectivity index (χ3v) is 3.02. The van der Waals surface area contributed by atoms with E-state index in [2.05, 4.69) is 0 Å². The Balaban J connectivity index is 2.21. The fourth-order valence-electron chi connectivity index (χ4n) is 2.06. The molecule has 0 amide bonds. The van der Waals surface area contributed by atoms with Gasteiger partial charge >= 0.3 is 0 Å². The smallest absolute Gasteiger partial charge is 0.0882 e. The highest BCUT2D eigenvalue weighted by Gasteiger charge is 1.97. The van der Waals surface area contributed by atoms with Crippen LogP contribution in [0.3, 0.4) is 0 Å². The minimum absolute atomic E-state index is 0.629. The van der Waals surface area contributed by atoms with Crippen LogP contribution in [-0.4, -0.2) is 5.11 Å². The van der Waals surface area contributed by atoms with E-state index in [1.165, 1.54) is 57.8 Å². The minimum atomic E-state index is 0.629. The van der Waals surface area contributed by atoms with Crippen molar-refractivity contribution in [3.05, 3.63) is 11.8 Å². The van der Waals surface area contributed by atoms with Crippen LogP contribution in [0, 0.1) is 0 Å². The van der Waals surface area contributed by atoms with Gasteiger partial charge in [0, 0.05) is 6.42 Å². The van der Waals surface area contributed by atoms with Crippen LogP contribution in [0.5, 0.6) is 0 Å². The number of rotatable bonds is 0. The molecule has 1 rings (SSSR count). The van der Waals surface area contributed by atoms with Crippen molar-refractivity contribution in [2.24, 2.45) is 0 Å². The highest BCUT2D eigenvalue weighted by molar-refractivity contribution is 4.90. The number of aliphatic hydroxyl groups excluding tert-OH is 1. The second-order valence-electron chi connectivity index (χ2n) is 4.42. The van der Waals surface area contributed by atoms with Crippen molar-refractivity contribution in [3.63, 3.8) is 0 Å². The van der Waals surface area contributed by atoms with E-state index in [0.717, 1.165) is 12.8 Å². The Bertz CT molecular complexity index is 161. The molecule has 0 saturated heterocycles. The topological polar surface area (TPSA) is 20.2 Å². The molecule has 14 heavy (non-hydrogen) atoms. The van der Waals surface area contributed by atoms with E-state index in [-0.39, 0.29) is 0 Å². The highest BCUT2D eigenvalue weighted by atomic mass is 16.3. The van der Waals surface area contributed by atoms with E-state index in [1.807, 2.05) is 6.08 Å². The molecule has 1 aliphatic carbocycles. The average Bonchev–Trinajstić information content (AvgIpc) is 2.20. The van der Waals surface area contributed by atoms with Gasteiger partial charge in [-0.1, -0.05) is 44.9 Å². The summed E-state index contributed by atoms with van der Waals surface area (Å²) in [6.07, 6.45) is 16.0. The molecule has 0 radical (unpaired) electrons. The van der Waals surface area contributed by atoms with Crippen LogP contribution < -0.4 is 0 Å². The molecule has 0 bridgehead atoms. The maximum absolute atomic E-state index is 9.52. The Morgan fingerprint density at radius 2 is 1.21 bits per heavy atom. The van der Waals surface area contributed by atoms with E-state index in [0.29, 0.717) is 5.76 Å². The molecule has 82 valence electrons. The normalized spacial score (nSPS) is 26.4. The lowest BCUT2D eigenvalue weighted by Crippen LogP contribution is -1.83.